The molecule has 0 radical (unpaired) electrons. The Morgan fingerprint density at radius 1 is 1.17 bits per heavy atom. The number of benzene rings is 1. The number of aldehydes is 1. The maximum atomic E-state index is 10.2. The normalized spacial score (nSPS) is 7.83. The highest BCUT2D eigenvalue weighted by Gasteiger charge is 2.00. The van der Waals surface area contributed by atoms with Gasteiger partial charge in [0.25, 0.3) is 0 Å². The Bertz CT molecular complexity index is 262. The quantitative estimate of drug-likeness (QED) is 0.693. The van der Waals surface area contributed by atoms with Crippen LogP contribution in [0.15, 0.2) is 18.2 Å². The van der Waals surface area contributed by atoms with Crippen molar-refractivity contribution in [3.05, 3.63) is 33.8 Å². The Balaban J connectivity index is 0. The first-order chi connectivity index (χ1) is 4.75. The van der Waals surface area contributed by atoms with Crippen LogP contribution in [0.4, 0.5) is 0 Å². The maximum absolute atomic E-state index is 10.2. The van der Waals surface area contributed by atoms with Crippen LogP contribution in [-0.2, 0) is 0 Å². The Morgan fingerprint density at radius 3 is 2.17 bits per heavy atom. The standard InChI is InChI=1S/C7H4Cl2O.2ClH/c8-6-3-1-2-5(4-10)7(6)9;;/h1-4H;2*1H. The van der Waals surface area contributed by atoms with Crippen molar-refractivity contribution in [2.45, 2.75) is 0 Å². The second kappa shape index (κ2) is 6.55. The molecule has 0 N–H and O–H groups in total. The predicted octanol–water partition coefficient (Wildman–Crippen LogP) is 3.65. The molecule has 0 heterocycles. The van der Waals surface area contributed by atoms with Gasteiger partial charge in [-0.3, -0.25) is 4.79 Å². The summed E-state index contributed by atoms with van der Waals surface area (Å²) in [5.74, 6) is 0. The fourth-order valence-corrected chi connectivity index (χ4v) is 0.964. The molecule has 0 aromatic heterocycles. The molecule has 0 saturated carbocycles. The Morgan fingerprint density at radius 2 is 1.75 bits per heavy atom. The van der Waals surface area contributed by atoms with Gasteiger partial charge >= 0.3 is 0 Å². The zero-order valence-corrected chi connectivity index (χ0v) is 8.93. The number of rotatable bonds is 1. The number of halogens is 4. The van der Waals surface area contributed by atoms with E-state index in [4.69, 9.17) is 23.2 Å². The van der Waals surface area contributed by atoms with Crippen LogP contribution in [-0.4, -0.2) is 6.29 Å². The molecule has 68 valence electrons. The van der Waals surface area contributed by atoms with E-state index in [0.717, 1.165) is 0 Å². The Labute approximate surface area is 92.9 Å². The molecule has 0 amide bonds. The predicted molar refractivity (Wildman–Crippen MR) is 56.3 cm³/mol. The van der Waals surface area contributed by atoms with Gasteiger partial charge in [0.15, 0.2) is 6.29 Å². The van der Waals surface area contributed by atoms with Crippen LogP contribution < -0.4 is 0 Å². The summed E-state index contributed by atoms with van der Waals surface area (Å²) in [7, 11) is 0. The third-order valence-corrected chi connectivity index (χ3v) is 1.94. The molecule has 12 heavy (non-hydrogen) atoms. The van der Waals surface area contributed by atoms with E-state index >= 15 is 0 Å². The molecule has 0 unspecified atom stereocenters. The second-order valence-electron chi connectivity index (χ2n) is 1.76. The van der Waals surface area contributed by atoms with Gasteiger partial charge in [0.2, 0.25) is 0 Å². The van der Waals surface area contributed by atoms with Crippen molar-refractivity contribution in [2.75, 3.05) is 0 Å². The first-order valence-electron chi connectivity index (χ1n) is 2.65. The molecule has 1 rings (SSSR count). The summed E-state index contributed by atoms with van der Waals surface area (Å²) in [6, 6.07) is 4.93. The summed E-state index contributed by atoms with van der Waals surface area (Å²) < 4.78 is 0. The second-order valence-corrected chi connectivity index (χ2v) is 2.55. The highest BCUT2D eigenvalue weighted by Crippen LogP contribution is 2.23. The van der Waals surface area contributed by atoms with Crippen molar-refractivity contribution in [3.8, 4) is 0 Å². The van der Waals surface area contributed by atoms with Gasteiger partial charge in [-0.25, -0.2) is 0 Å². The zero-order chi connectivity index (χ0) is 7.56. The van der Waals surface area contributed by atoms with Crippen LogP contribution in [0, 0.1) is 0 Å². The summed E-state index contributed by atoms with van der Waals surface area (Å²) >= 11 is 11.2. The van der Waals surface area contributed by atoms with E-state index in [9.17, 15) is 4.79 Å². The lowest BCUT2D eigenvalue weighted by atomic mass is 10.2. The summed E-state index contributed by atoms with van der Waals surface area (Å²) in [6.07, 6.45) is 0.675. The fraction of sp³-hybridized carbons (Fsp3) is 0. The largest absolute Gasteiger partial charge is 0.298 e. The van der Waals surface area contributed by atoms with E-state index in [2.05, 4.69) is 0 Å². The molecular formula is C7H6Cl4O. The molecule has 0 fully saturated rings. The van der Waals surface area contributed by atoms with Crippen molar-refractivity contribution in [1.29, 1.82) is 0 Å². The number of carbonyl (C=O) groups excluding carboxylic acids is 1. The van der Waals surface area contributed by atoms with Gasteiger partial charge in [-0.1, -0.05) is 35.3 Å². The van der Waals surface area contributed by atoms with Crippen molar-refractivity contribution in [1.82, 2.24) is 0 Å². The lowest BCUT2D eigenvalue weighted by Gasteiger charge is -1.95. The topological polar surface area (TPSA) is 17.1 Å². The van der Waals surface area contributed by atoms with Crippen molar-refractivity contribution in [3.63, 3.8) is 0 Å². The van der Waals surface area contributed by atoms with Gasteiger partial charge in [0.05, 0.1) is 10.0 Å². The molecule has 1 nitrogen and oxygen atoms in total. The molecule has 1 aromatic carbocycles. The monoisotopic (exact) mass is 246 g/mol. The summed E-state index contributed by atoms with van der Waals surface area (Å²) in [6.45, 7) is 0. The van der Waals surface area contributed by atoms with Gasteiger partial charge < -0.3 is 0 Å². The van der Waals surface area contributed by atoms with Gasteiger partial charge in [0, 0.05) is 5.56 Å². The number of hydrogen-bond acceptors (Lipinski definition) is 1. The van der Waals surface area contributed by atoms with Crippen molar-refractivity contribution < 1.29 is 4.79 Å². The first-order valence-corrected chi connectivity index (χ1v) is 3.40. The third-order valence-electron chi connectivity index (χ3n) is 1.11. The van der Waals surface area contributed by atoms with Crippen LogP contribution in [0.3, 0.4) is 0 Å². The van der Waals surface area contributed by atoms with E-state index in [1.54, 1.807) is 18.2 Å². The minimum atomic E-state index is 0. The third kappa shape index (κ3) is 3.20. The summed E-state index contributed by atoms with van der Waals surface area (Å²) in [5.41, 5.74) is 0.425. The number of carbonyl (C=O) groups is 1. The smallest absolute Gasteiger partial charge is 0.151 e. The molecule has 0 bridgehead atoms. The summed E-state index contributed by atoms with van der Waals surface area (Å²) in [5, 5.41) is 0.727. The molecule has 0 aliphatic heterocycles. The fourth-order valence-electron chi connectivity index (χ4n) is 0.611. The summed E-state index contributed by atoms with van der Waals surface area (Å²) in [4.78, 5) is 10.2. The lowest BCUT2D eigenvalue weighted by Crippen LogP contribution is -1.80. The van der Waals surface area contributed by atoms with E-state index in [1.165, 1.54) is 0 Å². The number of hydrogen-bond donors (Lipinski definition) is 0. The molecular weight excluding hydrogens is 242 g/mol. The molecule has 0 aliphatic carbocycles. The van der Waals surface area contributed by atoms with Crippen LogP contribution in [0.5, 0.6) is 0 Å². The van der Waals surface area contributed by atoms with E-state index in [1.807, 2.05) is 0 Å². The van der Waals surface area contributed by atoms with Gasteiger partial charge in [-0.05, 0) is 6.07 Å². The molecule has 0 saturated heterocycles. The molecule has 1 aromatic rings. The average molecular weight is 248 g/mol. The Hall–Kier alpha value is 0.0500. The molecule has 0 aliphatic rings. The van der Waals surface area contributed by atoms with Crippen LogP contribution in [0.1, 0.15) is 10.4 Å². The maximum Gasteiger partial charge on any atom is 0.151 e. The minimum Gasteiger partial charge on any atom is -0.298 e. The average Bonchev–Trinajstić information content (AvgIpc) is 1.95. The first kappa shape index (κ1) is 14.6. The van der Waals surface area contributed by atoms with Gasteiger partial charge in [-0.15, -0.1) is 24.8 Å². The van der Waals surface area contributed by atoms with Crippen molar-refractivity contribution >= 4 is 54.3 Å². The highest BCUT2D eigenvalue weighted by atomic mass is 35.5. The molecule has 0 spiro atoms. The lowest BCUT2D eigenvalue weighted by molar-refractivity contribution is 0.112. The highest BCUT2D eigenvalue weighted by molar-refractivity contribution is 6.43. The van der Waals surface area contributed by atoms with Crippen LogP contribution >= 0.6 is 48.0 Å². The molecule has 5 heteroatoms. The SMILES string of the molecule is Cl.Cl.O=Cc1cccc(Cl)c1Cl. The van der Waals surface area contributed by atoms with Gasteiger partial charge in [0.1, 0.15) is 0 Å². The van der Waals surface area contributed by atoms with E-state index in [0.29, 0.717) is 21.9 Å². The van der Waals surface area contributed by atoms with Crippen LogP contribution in [0.25, 0.3) is 0 Å². The van der Waals surface area contributed by atoms with E-state index in [-0.39, 0.29) is 24.8 Å². The van der Waals surface area contributed by atoms with Crippen molar-refractivity contribution in [2.24, 2.45) is 0 Å². The minimum absolute atomic E-state index is 0. The van der Waals surface area contributed by atoms with Gasteiger partial charge in [-0.2, -0.15) is 0 Å². The van der Waals surface area contributed by atoms with E-state index < -0.39 is 0 Å². The zero-order valence-electron chi connectivity index (χ0n) is 5.79. The van der Waals surface area contributed by atoms with Crippen LogP contribution in [0.2, 0.25) is 10.0 Å². The molecule has 0 atom stereocenters. The Kier molecular flexibility index (Phi) is 7.96.